The number of likely N-dealkylation sites (tertiary alicyclic amines) is 1. The number of hydrogen-bond acceptors (Lipinski definition) is 2. The Hall–Kier alpha value is -0.0800. The standard InChI is InChI=1S/C24H44N2/c1-19-4-11-24(12-5-19)13-8-22(18-26(24)3)16-21-6-9-23(10-7-21)14-15-25-17-20(23)2/h19-22,25H,4-18H2,1-3H3/t19?,20-,21?,22?,23?,24?/m0/s1. The van der Waals surface area contributed by atoms with E-state index < -0.39 is 0 Å². The maximum Gasteiger partial charge on any atom is 0.0207 e. The van der Waals surface area contributed by atoms with E-state index in [0.29, 0.717) is 11.0 Å². The molecule has 4 rings (SSSR count). The largest absolute Gasteiger partial charge is 0.316 e. The van der Waals surface area contributed by atoms with Crippen molar-refractivity contribution in [2.75, 3.05) is 26.7 Å². The summed E-state index contributed by atoms with van der Waals surface area (Å²) in [5, 5.41) is 3.61. The molecule has 2 saturated carbocycles. The fourth-order valence-corrected chi connectivity index (χ4v) is 7.28. The molecule has 1 N–H and O–H groups in total. The Balaban J connectivity index is 1.26. The molecule has 26 heavy (non-hydrogen) atoms. The number of rotatable bonds is 2. The van der Waals surface area contributed by atoms with Gasteiger partial charge in [0.2, 0.25) is 0 Å². The van der Waals surface area contributed by atoms with Crippen molar-refractivity contribution in [3.05, 3.63) is 0 Å². The molecule has 0 aromatic heterocycles. The smallest absolute Gasteiger partial charge is 0.0207 e. The average Bonchev–Trinajstić information content (AvgIpc) is 2.65. The van der Waals surface area contributed by atoms with Crippen LogP contribution in [-0.2, 0) is 0 Å². The summed E-state index contributed by atoms with van der Waals surface area (Å²) in [5.41, 5.74) is 1.29. The van der Waals surface area contributed by atoms with Gasteiger partial charge in [0.1, 0.15) is 0 Å². The number of hydrogen-bond donors (Lipinski definition) is 1. The van der Waals surface area contributed by atoms with Crippen molar-refractivity contribution >= 4 is 0 Å². The van der Waals surface area contributed by atoms with E-state index in [9.17, 15) is 0 Å². The highest BCUT2D eigenvalue weighted by Gasteiger charge is 2.44. The molecule has 150 valence electrons. The SMILES string of the molecule is CC1CCC2(CC1)CCC(CC1CCC3(CCNC[C@@H]3C)CC1)CN2C. The predicted octanol–water partition coefficient (Wildman–Crippen LogP) is 5.47. The molecule has 0 amide bonds. The van der Waals surface area contributed by atoms with Crippen LogP contribution in [0.3, 0.4) is 0 Å². The summed E-state index contributed by atoms with van der Waals surface area (Å²) >= 11 is 0. The molecule has 0 aromatic rings. The molecule has 4 aliphatic rings. The third-order valence-electron chi connectivity index (χ3n) is 9.63. The highest BCUT2D eigenvalue weighted by molar-refractivity contribution is 4.98. The summed E-state index contributed by atoms with van der Waals surface area (Å²) in [5.74, 6) is 3.88. The third kappa shape index (κ3) is 3.75. The maximum atomic E-state index is 3.61. The van der Waals surface area contributed by atoms with E-state index in [4.69, 9.17) is 0 Å². The van der Waals surface area contributed by atoms with E-state index >= 15 is 0 Å². The fraction of sp³-hybridized carbons (Fsp3) is 1.00. The van der Waals surface area contributed by atoms with E-state index in [1.54, 1.807) is 0 Å². The molecule has 2 atom stereocenters. The van der Waals surface area contributed by atoms with Crippen LogP contribution in [0.25, 0.3) is 0 Å². The zero-order valence-electron chi connectivity index (χ0n) is 17.9. The van der Waals surface area contributed by atoms with E-state index in [1.165, 1.54) is 96.7 Å². The zero-order valence-corrected chi connectivity index (χ0v) is 17.9. The molecule has 0 radical (unpaired) electrons. The Kier molecular flexibility index (Phi) is 5.73. The first-order chi connectivity index (χ1) is 12.5. The molecular weight excluding hydrogens is 316 g/mol. The van der Waals surface area contributed by atoms with E-state index in [0.717, 1.165) is 23.7 Å². The molecule has 2 aliphatic heterocycles. The molecule has 2 heteroatoms. The maximum absolute atomic E-state index is 3.61. The van der Waals surface area contributed by atoms with Crippen molar-refractivity contribution in [3.63, 3.8) is 0 Å². The average molecular weight is 361 g/mol. The summed E-state index contributed by atoms with van der Waals surface area (Å²) in [6, 6.07) is 0. The van der Waals surface area contributed by atoms with Gasteiger partial charge < -0.3 is 10.2 Å². The number of nitrogens with one attached hydrogen (secondary N) is 1. The summed E-state index contributed by atoms with van der Waals surface area (Å²) in [7, 11) is 2.45. The quantitative estimate of drug-likeness (QED) is 0.702. The van der Waals surface area contributed by atoms with Crippen LogP contribution >= 0.6 is 0 Å². The lowest BCUT2D eigenvalue weighted by Gasteiger charge is -2.52. The normalized spacial score (nSPS) is 48.1. The van der Waals surface area contributed by atoms with Crippen LogP contribution in [0.1, 0.15) is 90.9 Å². The molecule has 2 heterocycles. The van der Waals surface area contributed by atoms with Gasteiger partial charge in [0.25, 0.3) is 0 Å². The van der Waals surface area contributed by atoms with Crippen LogP contribution in [0, 0.1) is 29.1 Å². The Labute approximate surface area is 162 Å². The first-order valence-electron chi connectivity index (χ1n) is 11.9. The summed E-state index contributed by atoms with van der Waals surface area (Å²) in [6.07, 6.45) is 17.9. The van der Waals surface area contributed by atoms with Crippen molar-refractivity contribution in [1.82, 2.24) is 10.2 Å². The first kappa shape index (κ1) is 19.2. The highest BCUT2D eigenvalue weighted by atomic mass is 15.2. The minimum absolute atomic E-state index is 0.587. The van der Waals surface area contributed by atoms with E-state index in [-0.39, 0.29) is 0 Å². The lowest BCUT2D eigenvalue weighted by molar-refractivity contribution is -0.00828. The summed E-state index contributed by atoms with van der Waals surface area (Å²) < 4.78 is 0. The number of piperidine rings is 2. The Morgan fingerprint density at radius 2 is 1.50 bits per heavy atom. The van der Waals surface area contributed by atoms with Gasteiger partial charge in [0, 0.05) is 12.1 Å². The van der Waals surface area contributed by atoms with Gasteiger partial charge in [-0.3, -0.25) is 0 Å². The Morgan fingerprint density at radius 3 is 2.15 bits per heavy atom. The van der Waals surface area contributed by atoms with Gasteiger partial charge in [-0.25, -0.2) is 0 Å². The molecule has 4 fully saturated rings. The van der Waals surface area contributed by atoms with E-state index in [1.807, 2.05) is 0 Å². The molecule has 2 aliphatic carbocycles. The fourth-order valence-electron chi connectivity index (χ4n) is 7.28. The van der Waals surface area contributed by atoms with Crippen molar-refractivity contribution < 1.29 is 0 Å². The second-order valence-electron chi connectivity index (χ2n) is 11.1. The highest BCUT2D eigenvalue weighted by Crippen LogP contribution is 2.50. The Bertz CT molecular complexity index is 457. The monoisotopic (exact) mass is 360 g/mol. The predicted molar refractivity (Wildman–Crippen MR) is 111 cm³/mol. The molecule has 0 bridgehead atoms. The topological polar surface area (TPSA) is 15.3 Å². The van der Waals surface area contributed by atoms with E-state index in [2.05, 4.69) is 31.1 Å². The molecule has 2 spiro atoms. The second kappa shape index (κ2) is 7.74. The van der Waals surface area contributed by atoms with Crippen molar-refractivity contribution in [2.45, 2.75) is 96.4 Å². The van der Waals surface area contributed by atoms with Crippen LogP contribution < -0.4 is 5.32 Å². The zero-order chi connectivity index (χ0) is 18.2. The summed E-state index contributed by atoms with van der Waals surface area (Å²) in [4.78, 5) is 2.81. The van der Waals surface area contributed by atoms with Gasteiger partial charge in [-0.1, -0.05) is 13.8 Å². The van der Waals surface area contributed by atoms with Crippen LogP contribution in [0.15, 0.2) is 0 Å². The van der Waals surface area contributed by atoms with Crippen molar-refractivity contribution in [3.8, 4) is 0 Å². The van der Waals surface area contributed by atoms with Crippen LogP contribution in [0.2, 0.25) is 0 Å². The van der Waals surface area contributed by atoms with Gasteiger partial charge >= 0.3 is 0 Å². The van der Waals surface area contributed by atoms with Crippen LogP contribution in [0.5, 0.6) is 0 Å². The van der Waals surface area contributed by atoms with Gasteiger partial charge in [-0.05, 0) is 126 Å². The molecule has 1 unspecified atom stereocenters. The molecule has 2 saturated heterocycles. The first-order valence-corrected chi connectivity index (χ1v) is 11.9. The van der Waals surface area contributed by atoms with Crippen LogP contribution in [-0.4, -0.2) is 37.1 Å². The van der Waals surface area contributed by atoms with Crippen molar-refractivity contribution in [1.29, 1.82) is 0 Å². The second-order valence-corrected chi connectivity index (χ2v) is 11.1. The lowest BCUT2D eigenvalue weighted by atomic mass is 9.60. The minimum atomic E-state index is 0.587. The summed E-state index contributed by atoms with van der Waals surface area (Å²) in [6.45, 7) is 8.88. The van der Waals surface area contributed by atoms with Crippen molar-refractivity contribution in [2.24, 2.45) is 29.1 Å². The Morgan fingerprint density at radius 1 is 0.846 bits per heavy atom. The van der Waals surface area contributed by atoms with Crippen LogP contribution in [0.4, 0.5) is 0 Å². The van der Waals surface area contributed by atoms with Gasteiger partial charge in [-0.15, -0.1) is 0 Å². The number of nitrogens with zero attached hydrogens (tertiary/aromatic N) is 1. The molecule has 0 aromatic carbocycles. The third-order valence-corrected chi connectivity index (χ3v) is 9.63. The lowest BCUT2D eigenvalue weighted by Crippen LogP contribution is -2.54. The van der Waals surface area contributed by atoms with Gasteiger partial charge in [-0.2, -0.15) is 0 Å². The molecule has 2 nitrogen and oxygen atoms in total. The minimum Gasteiger partial charge on any atom is -0.316 e. The van der Waals surface area contributed by atoms with Gasteiger partial charge in [0.05, 0.1) is 0 Å². The molecular formula is C24H44N2. The van der Waals surface area contributed by atoms with Gasteiger partial charge in [0.15, 0.2) is 0 Å².